The van der Waals surface area contributed by atoms with Crippen molar-refractivity contribution in [3.05, 3.63) is 0 Å². The molecule has 0 aromatic carbocycles. The first-order valence-electron chi connectivity index (χ1n) is 7.61. The quantitative estimate of drug-likeness (QED) is 0.810. The molecule has 0 aromatic heterocycles. The first-order chi connectivity index (χ1) is 8.15. The van der Waals surface area contributed by atoms with Crippen molar-refractivity contribution in [3.8, 4) is 0 Å². The van der Waals surface area contributed by atoms with Crippen molar-refractivity contribution in [2.75, 3.05) is 26.2 Å². The molecule has 2 aliphatic rings. The maximum absolute atomic E-state index is 3.76. The molecule has 0 spiro atoms. The summed E-state index contributed by atoms with van der Waals surface area (Å²) in [5.74, 6) is 2.75. The molecule has 100 valence electrons. The minimum atomic E-state index is 0.809. The average Bonchev–Trinajstić information content (AvgIpc) is 2.61. The third-order valence-corrected chi connectivity index (χ3v) is 4.94. The van der Waals surface area contributed by atoms with Crippen LogP contribution in [0.2, 0.25) is 0 Å². The van der Waals surface area contributed by atoms with E-state index < -0.39 is 0 Å². The van der Waals surface area contributed by atoms with E-state index in [4.69, 9.17) is 0 Å². The molecule has 2 rings (SSSR count). The highest BCUT2D eigenvalue weighted by Crippen LogP contribution is 2.24. The molecule has 17 heavy (non-hydrogen) atoms. The summed E-state index contributed by atoms with van der Waals surface area (Å²) >= 11 is 0. The number of hydrogen-bond donors (Lipinski definition) is 1. The topological polar surface area (TPSA) is 15.3 Å². The fourth-order valence-electron chi connectivity index (χ4n) is 3.32. The standard InChI is InChI=1S/C15H30N2/c1-12-4-6-15(7-5-12)16-8-9-17-10-13(2)14(3)11-17/h12-16H,4-11H2,1-3H3. The lowest BCUT2D eigenvalue weighted by Gasteiger charge is -2.27. The van der Waals surface area contributed by atoms with E-state index >= 15 is 0 Å². The summed E-state index contributed by atoms with van der Waals surface area (Å²) in [5, 5.41) is 3.76. The van der Waals surface area contributed by atoms with Crippen LogP contribution in [0.15, 0.2) is 0 Å². The largest absolute Gasteiger partial charge is 0.313 e. The van der Waals surface area contributed by atoms with Gasteiger partial charge in [0.05, 0.1) is 0 Å². The molecular weight excluding hydrogens is 208 g/mol. The maximum atomic E-state index is 3.76. The van der Waals surface area contributed by atoms with Gasteiger partial charge in [0.1, 0.15) is 0 Å². The second-order valence-corrected chi connectivity index (χ2v) is 6.63. The summed E-state index contributed by atoms with van der Waals surface area (Å²) in [5.41, 5.74) is 0. The number of hydrogen-bond acceptors (Lipinski definition) is 2. The fraction of sp³-hybridized carbons (Fsp3) is 1.00. The average molecular weight is 238 g/mol. The van der Waals surface area contributed by atoms with Gasteiger partial charge in [-0.25, -0.2) is 0 Å². The van der Waals surface area contributed by atoms with Crippen LogP contribution < -0.4 is 5.32 Å². The first-order valence-corrected chi connectivity index (χ1v) is 7.61. The van der Waals surface area contributed by atoms with Crippen molar-refractivity contribution >= 4 is 0 Å². The zero-order valence-electron chi connectivity index (χ0n) is 11.9. The molecular formula is C15H30N2. The monoisotopic (exact) mass is 238 g/mol. The van der Waals surface area contributed by atoms with Crippen LogP contribution in [0, 0.1) is 17.8 Å². The van der Waals surface area contributed by atoms with Gasteiger partial charge in [0, 0.05) is 32.2 Å². The van der Waals surface area contributed by atoms with E-state index in [1.807, 2.05) is 0 Å². The van der Waals surface area contributed by atoms with Gasteiger partial charge in [-0.05, 0) is 43.4 Å². The number of nitrogens with zero attached hydrogens (tertiary/aromatic N) is 1. The van der Waals surface area contributed by atoms with Gasteiger partial charge in [0.25, 0.3) is 0 Å². The van der Waals surface area contributed by atoms with Crippen molar-refractivity contribution in [3.63, 3.8) is 0 Å². The summed E-state index contributed by atoms with van der Waals surface area (Å²) in [7, 11) is 0. The molecule has 2 nitrogen and oxygen atoms in total. The van der Waals surface area contributed by atoms with Crippen LogP contribution in [-0.4, -0.2) is 37.1 Å². The van der Waals surface area contributed by atoms with Gasteiger partial charge < -0.3 is 10.2 Å². The van der Waals surface area contributed by atoms with E-state index in [1.54, 1.807) is 0 Å². The summed E-state index contributed by atoms with van der Waals surface area (Å²) in [4.78, 5) is 2.63. The van der Waals surface area contributed by atoms with E-state index in [-0.39, 0.29) is 0 Å². The minimum absolute atomic E-state index is 0.809. The zero-order chi connectivity index (χ0) is 12.3. The van der Waals surface area contributed by atoms with Crippen LogP contribution >= 0.6 is 0 Å². The zero-order valence-corrected chi connectivity index (χ0v) is 11.9. The van der Waals surface area contributed by atoms with Crippen LogP contribution in [0.1, 0.15) is 46.5 Å². The van der Waals surface area contributed by atoms with Crippen molar-refractivity contribution in [1.29, 1.82) is 0 Å². The predicted molar refractivity (Wildman–Crippen MR) is 74.2 cm³/mol. The lowest BCUT2D eigenvalue weighted by molar-refractivity contribution is 0.278. The minimum Gasteiger partial charge on any atom is -0.313 e. The normalized spacial score (nSPS) is 39.7. The van der Waals surface area contributed by atoms with Crippen molar-refractivity contribution in [2.45, 2.75) is 52.5 Å². The molecule has 2 heteroatoms. The SMILES string of the molecule is CC1CCC(NCCN2CC(C)C(C)C2)CC1. The Morgan fingerprint density at radius 2 is 1.53 bits per heavy atom. The Labute approximate surface area is 107 Å². The maximum Gasteiger partial charge on any atom is 0.0107 e. The van der Waals surface area contributed by atoms with E-state index in [0.29, 0.717) is 0 Å². The highest BCUT2D eigenvalue weighted by Gasteiger charge is 2.25. The van der Waals surface area contributed by atoms with Crippen LogP contribution in [0.4, 0.5) is 0 Å². The van der Waals surface area contributed by atoms with E-state index in [9.17, 15) is 0 Å². The van der Waals surface area contributed by atoms with E-state index in [0.717, 1.165) is 23.8 Å². The Hall–Kier alpha value is -0.0800. The summed E-state index contributed by atoms with van der Waals surface area (Å²) in [6.45, 7) is 12.2. The van der Waals surface area contributed by atoms with Gasteiger partial charge in [-0.1, -0.05) is 20.8 Å². The Morgan fingerprint density at radius 1 is 0.941 bits per heavy atom. The molecule has 1 aliphatic carbocycles. The van der Waals surface area contributed by atoms with Crippen molar-refractivity contribution < 1.29 is 0 Å². The lowest BCUT2D eigenvalue weighted by Crippen LogP contribution is -2.38. The second kappa shape index (κ2) is 6.19. The summed E-state index contributed by atoms with van der Waals surface area (Å²) in [6.07, 6.45) is 5.65. The van der Waals surface area contributed by atoms with Gasteiger partial charge in [-0.2, -0.15) is 0 Å². The smallest absolute Gasteiger partial charge is 0.0107 e. The van der Waals surface area contributed by atoms with Crippen molar-refractivity contribution in [2.24, 2.45) is 17.8 Å². The van der Waals surface area contributed by atoms with E-state index in [2.05, 4.69) is 31.0 Å². The molecule has 1 saturated heterocycles. The number of likely N-dealkylation sites (tertiary alicyclic amines) is 1. The Balaban J connectivity index is 1.57. The highest BCUT2D eigenvalue weighted by atomic mass is 15.2. The van der Waals surface area contributed by atoms with Crippen LogP contribution in [0.25, 0.3) is 0 Å². The molecule has 0 aromatic rings. The summed E-state index contributed by atoms with van der Waals surface area (Å²) in [6, 6.07) is 0.809. The molecule has 1 saturated carbocycles. The van der Waals surface area contributed by atoms with Gasteiger partial charge >= 0.3 is 0 Å². The van der Waals surface area contributed by atoms with Gasteiger partial charge in [0.15, 0.2) is 0 Å². The van der Waals surface area contributed by atoms with E-state index in [1.165, 1.54) is 51.9 Å². The Kier molecular flexibility index (Phi) is 4.87. The third-order valence-electron chi connectivity index (χ3n) is 4.94. The molecule has 1 heterocycles. The van der Waals surface area contributed by atoms with Crippen LogP contribution in [0.3, 0.4) is 0 Å². The Bertz CT molecular complexity index is 211. The van der Waals surface area contributed by atoms with Gasteiger partial charge in [0.2, 0.25) is 0 Å². The number of rotatable bonds is 4. The first kappa shape index (κ1) is 13.4. The molecule has 0 radical (unpaired) electrons. The molecule has 0 bridgehead atoms. The second-order valence-electron chi connectivity index (χ2n) is 6.63. The molecule has 0 amide bonds. The van der Waals surface area contributed by atoms with Crippen LogP contribution in [0.5, 0.6) is 0 Å². The molecule has 2 unspecified atom stereocenters. The number of nitrogens with one attached hydrogen (secondary N) is 1. The predicted octanol–water partition coefficient (Wildman–Crippen LogP) is 2.74. The molecule has 2 fully saturated rings. The van der Waals surface area contributed by atoms with Gasteiger partial charge in [-0.3, -0.25) is 0 Å². The highest BCUT2D eigenvalue weighted by molar-refractivity contribution is 4.80. The van der Waals surface area contributed by atoms with Crippen molar-refractivity contribution in [1.82, 2.24) is 10.2 Å². The molecule has 2 atom stereocenters. The summed E-state index contributed by atoms with van der Waals surface area (Å²) < 4.78 is 0. The molecule has 1 aliphatic heterocycles. The van der Waals surface area contributed by atoms with Crippen LogP contribution in [-0.2, 0) is 0 Å². The lowest BCUT2D eigenvalue weighted by atomic mass is 9.87. The molecule has 1 N–H and O–H groups in total. The fourth-order valence-corrected chi connectivity index (χ4v) is 3.32. The Morgan fingerprint density at radius 3 is 2.12 bits per heavy atom. The van der Waals surface area contributed by atoms with Gasteiger partial charge in [-0.15, -0.1) is 0 Å². The third kappa shape index (κ3) is 3.96.